The number of nitrogens with zero attached hydrogens (tertiary/aromatic N) is 1. The highest BCUT2D eigenvalue weighted by Gasteiger charge is 2.53. The first-order chi connectivity index (χ1) is 18.1. The number of carbonyl (C=O) groups is 4. The molecule has 38 heavy (non-hydrogen) atoms. The van der Waals surface area contributed by atoms with Gasteiger partial charge in [0, 0.05) is 34.1 Å². The summed E-state index contributed by atoms with van der Waals surface area (Å²) in [6.07, 6.45) is -6.35. The van der Waals surface area contributed by atoms with Crippen molar-refractivity contribution in [3.8, 4) is 5.75 Å². The standard InChI is InChI=1S/C25H31NO12/c1-13(27)32-12-21-22(34-14(2)28)23(35-15(3)29)24(36-16(4)30)25(37-21)33-11-19-10-20(26-38-19)17-6-8-18(31-5)9-7-17/h6-9,19,21-25H,10-12H2,1-5H3/t19-,21-,22-,23+,24-,25+/m0/s1. The first-order valence-electron chi connectivity index (χ1n) is 11.9. The number of carbonyl (C=O) groups excluding carboxylic acids is 4. The van der Waals surface area contributed by atoms with Gasteiger partial charge in [-0.2, -0.15) is 0 Å². The number of rotatable bonds is 10. The fourth-order valence-electron chi connectivity index (χ4n) is 4.00. The van der Waals surface area contributed by atoms with E-state index >= 15 is 0 Å². The summed E-state index contributed by atoms with van der Waals surface area (Å²) in [7, 11) is 1.58. The van der Waals surface area contributed by atoms with Crippen molar-refractivity contribution in [2.75, 3.05) is 20.3 Å². The molecule has 0 unspecified atom stereocenters. The summed E-state index contributed by atoms with van der Waals surface area (Å²) in [5.41, 5.74) is 1.54. The zero-order valence-corrected chi connectivity index (χ0v) is 21.7. The Balaban J connectivity index is 1.76. The maximum Gasteiger partial charge on any atom is 0.303 e. The van der Waals surface area contributed by atoms with Crippen LogP contribution in [0, 0.1) is 0 Å². The van der Waals surface area contributed by atoms with Crippen LogP contribution in [0.2, 0.25) is 0 Å². The monoisotopic (exact) mass is 537 g/mol. The molecule has 208 valence electrons. The molecule has 2 aliphatic rings. The van der Waals surface area contributed by atoms with Gasteiger partial charge in [-0.05, 0) is 29.8 Å². The second-order valence-electron chi connectivity index (χ2n) is 8.60. The molecule has 0 amide bonds. The molecule has 0 spiro atoms. The molecule has 13 heteroatoms. The lowest BCUT2D eigenvalue weighted by Crippen LogP contribution is -2.63. The van der Waals surface area contributed by atoms with E-state index in [4.69, 9.17) is 38.0 Å². The number of ether oxygens (including phenoxy) is 7. The number of benzene rings is 1. The lowest BCUT2D eigenvalue weighted by atomic mass is 9.98. The lowest BCUT2D eigenvalue weighted by Gasteiger charge is -2.44. The van der Waals surface area contributed by atoms with Crippen molar-refractivity contribution in [2.24, 2.45) is 5.16 Å². The van der Waals surface area contributed by atoms with E-state index in [1.165, 1.54) is 6.92 Å². The molecule has 0 aromatic heterocycles. The first kappa shape index (κ1) is 28.9. The van der Waals surface area contributed by atoms with E-state index in [1.54, 1.807) is 19.2 Å². The molecule has 0 aliphatic carbocycles. The van der Waals surface area contributed by atoms with Gasteiger partial charge in [-0.15, -0.1) is 0 Å². The number of hydrogen-bond donors (Lipinski definition) is 0. The second kappa shape index (κ2) is 13.2. The summed E-state index contributed by atoms with van der Waals surface area (Å²) in [6, 6.07) is 7.31. The van der Waals surface area contributed by atoms with Crippen LogP contribution in [-0.2, 0) is 52.4 Å². The molecule has 13 nitrogen and oxygen atoms in total. The van der Waals surface area contributed by atoms with E-state index in [0.29, 0.717) is 17.9 Å². The van der Waals surface area contributed by atoms with Crippen LogP contribution in [0.25, 0.3) is 0 Å². The summed E-state index contributed by atoms with van der Waals surface area (Å²) in [5, 5.41) is 4.12. The second-order valence-corrected chi connectivity index (χ2v) is 8.60. The highest BCUT2D eigenvalue weighted by Crippen LogP contribution is 2.30. The zero-order chi connectivity index (χ0) is 27.8. The van der Waals surface area contributed by atoms with Crippen LogP contribution in [0.1, 0.15) is 39.7 Å². The molecule has 1 aromatic rings. The molecular weight excluding hydrogens is 506 g/mol. The Hall–Kier alpha value is -3.71. The molecule has 0 bridgehead atoms. The van der Waals surface area contributed by atoms with Gasteiger partial charge in [0.25, 0.3) is 0 Å². The fourth-order valence-corrected chi connectivity index (χ4v) is 4.00. The highest BCUT2D eigenvalue weighted by atomic mass is 16.7. The van der Waals surface area contributed by atoms with Gasteiger partial charge in [0.1, 0.15) is 18.5 Å². The van der Waals surface area contributed by atoms with Gasteiger partial charge in [-0.1, -0.05) is 5.16 Å². The summed E-state index contributed by atoms with van der Waals surface area (Å²) in [5.74, 6) is -2.07. The van der Waals surface area contributed by atoms with Crippen LogP contribution in [0.3, 0.4) is 0 Å². The van der Waals surface area contributed by atoms with Crippen molar-refractivity contribution in [3.63, 3.8) is 0 Å². The van der Waals surface area contributed by atoms with Crippen molar-refractivity contribution in [1.82, 2.24) is 0 Å². The molecular formula is C25H31NO12. The van der Waals surface area contributed by atoms with Crippen molar-refractivity contribution < 1.29 is 57.2 Å². The summed E-state index contributed by atoms with van der Waals surface area (Å²) >= 11 is 0. The van der Waals surface area contributed by atoms with Gasteiger partial charge in [-0.3, -0.25) is 19.2 Å². The molecule has 1 saturated heterocycles. The summed E-state index contributed by atoms with van der Waals surface area (Å²) in [4.78, 5) is 52.6. The predicted octanol–water partition coefficient (Wildman–Crippen LogP) is 1.29. The minimum atomic E-state index is -1.31. The largest absolute Gasteiger partial charge is 0.497 e. The molecule has 0 N–H and O–H groups in total. The van der Waals surface area contributed by atoms with E-state index in [0.717, 1.165) is 26.3 Å². The minimum absolute atomic E-state index is 0.0447. The molecule has 1 aromatic carbocycles. The SMILES string of the molecule is COc1ccc(C2=NO[C@H](CO[C@@H]3O[C@@H](COC(C)=O)[C@H](OC(C)=O)[C@@H](OC(C)=O)[C@@H]3OC(C)=O)C2)cc1. The Morgan fingerprint density at radius 1 is 0.842 bits per heavy atom. The molecule has 2 aliphatic heterocycles. The van der Waals surface area contributed by atoms with Gasteiger partial charge in [-0.25, -0.2) is 0 Å². The Bertz CT molecular complexity index is 1040. The Kier molecular flexibility index (Phi) is 10.0. The van der Waals surface area contributed by atoms with Crippen LogP contribution in [0.5, 0.6) is 5.75 Å². The number of hydrogen-bond acceptors (Lipinski definition) is 13. The van der Waals surface area contributed by atoms with Gasteiger partial charge in [0.15, 0.2) is 30.7 Å². The Morgan fingerprint density at radius 3 is 2.03 bits per heavy atom. The van der Waals surface area contributed by atoms with Crippen molar-refractivity contribution in [3.05, 3.63) is 29.8 Å². The van der Waals surface area contributed by atoms with Crippen LogP contribution in [0.4, 0.5) is 0 Å². The van der Waals surface area contributed by atoms with E-state index in [-0.39, 0.29) is 13.2 Å². The van der Waals surface area contributed by atoms with E-state index < -0.39 is 60.7 Å². The van der Waals surface area contributed by atoms with Crippen LogP contribution in [-0.4, -0.2) is 86.7 Å². The van der Waals surface area contributed by atoms with Crippen molar-refractivity contribution in [2.45, 2.75) is 70.9 Å². The molecule has 6 atom stereocenters. The first-order valence-corrected chi connectivity index (χ1v) is 11.9. The molecule has 3 rings (SSSR count). The predicted molar refractivity (Wildman–Crippen MR) is 127 cm³/mol. The van der Waals surface area contributed by atoms with Crippen molar-refractivity contribution >= 4 is 29.6 Å². The van der Waals surface area contributed by atoms with Crippen LogP contribution >= 0.6 is 0 Å². The molecule has 0 saturated carbocycles. The number of oxime groups is 1. The minimum Gasteiger partial charge on any atom is -0.497 e. The molecule has 0 radical (unpaired) electrons. The zero-order valence-electron chi connectivity index (χ0n) is 21.7. The van der Waals surface area contributed by atoms with Crippen molar-refractivity contribution in [1.29, 1.82) is 0 Å². The quantitative estimate of drug-likeness (QED) is 0.312. The average molecular weight is 538 g/mol. The molecule has 1 fully saturated rings. The third kappa shape index (κ3) is 7.89. The molecule has 2 heterocycles. The van der Waals surface area contributed by atoms with Gasteiger partial charge >= 0.3 is 23.9 Å². The Labute approximate surface area is 219 Å². The van der Waals surface area contributed by atoms with E-state index in [2.05, 4.69) is 5.16 Å². The summed E-state index contributed by atoms with van der Waals surface area (Å²) in [6.45, 7) is 4.25. The van der Waals surface area contributed by atoms with E-state index in [9.17, 15) is 19.2 Å². The van der Waals surface area contributed by atoms with Crippen LogP contribution in [0.15, 0.2) is 29.4 Å². The lowest BCUT2D eigenvalue weighted by molar-refractivity contribution is -0.311. The van der Waals surface area contributed by atoms with Gasteiger partial charge in [0.2, 0.25) is 0 Å². The summed E-state index contributed by atoms with van der Waals surface area (Å²) < 4.78 is 38.2. The third-order valence-corrected chi connectivity index (χ3v) is 5.55. The number of esters is 4. The van der Waals surface area contributed by atoms with E-state index in [1.807, 2.05) is 12.1 Å². The normalized spacial score (nSPS) is 26.4. The third-order valence-electron chi connectivity index (χ3n) is 5.55. The average Bonchev–Trinajstić information content (AvgIpc) is 3.33. The van der Waals surface area contributed by atoms with Crippen LogP contribution < -0.4 is 4.74 Å². The maximum atomic E-state index is 11.9. The smallest absolute Gasteiger partial charge is 0.303 e. The topological polar surface area (TPSA) is 154 Å². The van der Waals surface area contributed by atoms with Gasteiger partial charge in [0.05, 0.1) is 19.4 Å². The Morgan fingerprint density at radius 2 is 1.45 bits per heavy atom. The highest BCUT2D eigenvalue weighted by molar-refractivity contribution is 6.01. The maximum absolute atomic E-state index is 11.9. The van der Waals surface area contributed by atoms with Gasteiger partial charge < -0.3 is 38.0 Å². The number of methoxy groups -OCH3 is 1. The fraction of sp³-hybridized carbons (Fsp3) is 0.560.